The van der Waals surface area contributed by atoms with Gasteiger partial charge in [0, 0.05) is 16.2 Å². The molecule has 2 atom stereocenters. The van der Waals surface area contributed by atoms with Crippen LogP contribution in [0.4, 0.5) is 0 Å². The van der Waals surface area contributed by atoms with Crippen molar-refractivity contribution in [3.63, 3.8) is 0 Å². The highest BCUT2D eigenvalue weighted by Crippen LogP contribution is 2.41. The fraction of sp³-hybridized carbons (Fsp3) is 0.625. The third-order valence-electron chi connectivity index (χ3n) is 3.61. The van der Waals surface area contributed by atoms with Crippen LogP contribution in [0.2, 0.25) is 0 Å². The number of rotatable bonds is 4. The highest BCUT2D eigenvalue weighted by molar-refractivity contribution is 8.00. The Kier molecular flexibility index (Phi) is 4.74. The predicted molar refractivity (Wildman–Crippen MR) is 81.5 cm³/mol. The van der Waals surface area contributed by atoms with Gasteiger partial charge in [0.25, 0.3) is 0 Å². The molecule has 0 bridgehead atoms. The van der Waals surface area contributed by atoms with Crippen molar-refractivity contribution in [2.75, 3.05) is 6.54 Å². The first kappa shape index (κ1) is 14.0. The van der Waals surface area contributed by atoms with E-state index >= 15 is 0 Å². The molecular weight excluding hydrogens is 238 g/mol. The zero-order valence-corrected chi connectivity index (χ0v) is 12.8. The zero-order valence-electron chi connectivity index (χ0n) is 12.0. The minimum absolute atomic E-state index is 0.551. The van der Waals surface area contributed by atoms with Gasteiger partial charge in [-0.1, -0.05) is 39.8 Å². The Morgan fingerprint density at radius 3 is 2.83 bits per heavy atom. The van der Waals surface area contributed by atoms with Crippen LogP contribution in [0.5, 0.6) is 0 Å². The molecule has 0 fully saturated rings. The van der Waals surface area contributed by atoms with Crippen molar-refractivity contribution >= 4 is 11.8 Å². The number of fused-ring (bicyclic) bond motifs is 1. The van der Waals surface area contributed by atoms with Crippen molar-refractivity contribution in [3.05, 3.63) is 29.3 Å². The molecule has 100 valence electrons. The van der Waals surface area contributed by atoms with Gasteiger partial charge in [-0.25, -0.2) is 0 Å². The van der Waals surface area contributed by atoms with E-state index in [0.29, 0.717) is 12.0 Å². The molecule has 0 aromatic heterocycles. The van der Waals surface area contributed by atoms with Crippen LogP contribution in [-0.4, -0.2) is 11.8 Å². The molecule has 1 aromatic rings. The van der Waals surface area contributed by atoms with Crippen LogP contribution in [0.25, 0.3) is 0 Å². The van der Waals surface area contributed by atoms with E-state index in [-0.39, 0.29) is 0 Å². The smallest absolute Gasteiger partial charge is 0.0341 e. The molecule has 2 unspecified atom stereocenters. The second-order valence-corrected chi connectivity index (χ2v) is 7.10. The minimum atomic E-state index is 0.551. The topological polar surface area (TPSA) is 12.0 Å². The predicted octanol–water partition coefficient (Wildman–Crippen LogP) is 4.74. The van der Waals surface area contributed by atoms with Gasteiger partial charge in [-0.2, -0.15) is 0 Å². The molecule has 2 rings (SSSR count). The first-order chi connectivity index (χ1) is 8.61. The van der Waals surface area contributed by atoms with Crippen LogP contribution >= 0.6 is 11.8 Å². The summed E-state index contributed by atoms with van der Waals surface area (Å²) < 4.78 is 0. The molecule has 0 saturated carbocycles. The molecule has 1 N–H and O–H groups in total. The lowest BCUT2D eigenvalue weighted by Crippen LogP contribution is -2.27. The number of hydrogen-bond acceptors (Lipinski definition) is 2. The SMILES string of the molecule is CCCNC1CC(C)Sc2ccc(C(C)C)cc21. The van der Waals surface area contributed by atoms with E-state index in [1.54, 1.807) is 0 Å². The summed E-state index contributed by atoms with van der Waals surface area (Å²) >= 11 is 2.03. The molecule has 1 nitrogen and oxygen atoms in total. The third kappa shape index (κ3) is 3.10. The third-order valence-corrected chi connectivity index (χ3v) is 4.83. The van der Waals surface area contributed by atoms with Crippen molar-refractivity contribution in [2.24, 2.45) is 0 Å². The summed E-state index contributed by atoms with van der Waals surface area (Å²) in [7, 11) is 0. The van der Waals surface area contributed by atoms with Crippen molar-refractivity contribution in [2.45, 2.75) is 62.6 Å². The summed E-state index contributed by atoms with van der Waals surface area (Å²) in [6, 6.07) is 7.60. The summed E-state index contributed by atoms with van der Waals surface area (Å²) in [4.78, 5) is 1.48. The minimum Gasteiger partial charge on any atom is -0.310 e. The number of benzene rings is 1. The van der Waals surface area contributed by atoms with Crippen LogP contribution in [0.15, 0.2) is 23.1 Å². The monoisotopic (exact) mass is 263 g/mol. The summed E-state index contributed by atoms with van der Waals surface area (Å²) in [6.07, 6.45) is 2.45. The van der Waals surface area contributed by atoms with E-state index in [0.717, 1.165) is 11.8 Å². The average Bonchev–Trinajstić information content (AvgIpc) is 2.35. The molecule has 0 aliphatic carbocycles. The van der Waals surface area contributed by atoms with E-state index in [1.807, 2.05) is 11.8 Å². The lowest BCUT2D eigenvalue weighted by Gasteiger charge is -2.31. The van der Waals surface area contributed by atoms with Gasteiger partial charge in [-0.3, -0.25) is 0 Å². The van der Waals surface area contributed by atoms with E-state index in [9.17, 15) is 0 Å². The van der Waals surface area contributed by atoms with Crippen LogP contribution in [-0.2, 0) is 0 Å². The molecule has 1 aliphatic heterocycles. The highest BCUT2D eigenvalue weighted by Gasteiger charge is 2.25. The van der Waals surface area contributed by atoms with E-state index in [1.165, 1.54) is 28.9 Å². The van der Waals surface area contributed by atoms with Gasteiger partial charge in [0.05, 0.1) is 0 Å². The summed E-state index contributed by atoms with van der Waals surface area (Å²) in [5.41, 5.74) is 2.99. The van der Waals surface area contributed by atoms with Gasteiger partial charge < -0.3 is 5.32 Å². The van der Waals surface area contributed by atoms with Crippen molar-refractivity contribution < 1.29 is 0 Å². The van der Waals surface area contributed by atoms with Crippen molar-refractivity contribution in [1.82, 2.24) is 5.32 Å². The maximum Gasteiger partial charge on any atom is 0.0341 e. The number of thioether (sulfide) groups is 1. The van der Waals surface area contributed by atoms with Crippen LogP contribution < -0.4 is 5.32 Å². The molecule has 0 amide bonds. The zero-order chi connectivity index (χ0) is 13.1. The van der Waals surface area contributed by atoms with Gasteiger partial charge in [-0.15, -0.1) is 11.8 Å². The van der Waals surface area contributed by atoms with Crippen molar-refractivity contribution in [3.8, 4) is 0 Å². The largest absolute Gasteiger partial charge is 0.310 e. The Labute approximate surface area is 116 Å². The van der Waals surface area contributed by atoms with Gasteiger partial charge in [0.15, 0.2) is 0 Å². The first-order valence-electron chi connectivity index (χ1n) is 7.15. The molecule has 1 aromatic carbocycles. The van der Waals surface area contributed by atoms with E-state index in [4.69, 9.17) is 0 Å². The van der Waals surface area contributed by atoms with Crippen LogP contribution in [0.3, 0.4) is 0 Å². The molecule has 1 aliphatic rings. The van der Waals surface area contributed by atoms with Gasteiger partial charge >= 0.3 is 0 Å². The van der Waals surface area contributed by atoms with Crippen molar-refractivity contribution in [1.29, 1.82) is 0 Å². The fourth-order valence-electron chi connectivity index (χ4n) is 2.54. The quantitative estimate of drug-likeness (QED) is 0.842. The van der Waals surface area contributed by atoms with E-state index < -0.39 is 0 Å². The van der Waals surface area contributed by atoms with Crippen LogP contribution in [0.1, 0.15) is 63.6 Å². The molecule has 18 heavy (non-hydrogen) atoms. The molecule has 0 radical (unpaired) electrons. The molecule has 0 saturated heterocycles. The summed E-state index contributed by atoms with van der Waals surface area (Å²) in [5, 5.41) is 4.43. The van der Waals surface area contributed by atoms with Gasteiger partial charge in [-0.05, 0) is 42.5 Å². The van der Waals surface area contributed by atoms with Crippen LogP contribution in [0, 0.1) is 0 Å². The fourth-order valence-corrected chi connectivity index (χ4v) is 3.75. The molecule has 0 spiro atoms. The Morgan fingerprint density at radius 1 is 1.39 bits per heavy atom. The van der Waals surface area contributed by atoms with E-state index in [2.05, 4.69) is 51.2 Å². The first-order valence-corrected chi connectivity index (χ1v) is 8.03. The maximum absolute atomic E-state index is 3.71. The van der Waals surface area contributed by atoms with Gasteiger partial charge in [0.1, 0.15) is 0 Å². The Hall–Kier alpha value is -0.470. The van der Waals surface area contributed by atoms with Gasteiger partial charge in [0.2, 0.25) is 0 Å². The average molecular weight is 263 g/mol. The maximum atomic E-state index is 3.71. The molecular formula is C16H25NS. The number of hydrogen-bond donors (Lipinski definition) is 1. The Bertz CT molecular complexity index is 400. The normalized spacial score (nSPS) is 23.2. The Morgan fingerprint density at radius 2 is 2.17 bits per heavy atom. The Balaban J connectivity index is 2.28. The molecule has 1 heterocycles. The second-order valence-electron chi connectivity index (χ2n) is 5.62. The lowest BCUT2D eigenvalue weighted by atomic mass is 9.95. The number of nitrogens with one attached hydrogen (secondary N) is 1. The standard InChI is InChI=1S/C16H25NS/c1-5-8-17-15-9-12(4)18-16-7-6-13(11(2)3)10-14(15)16/h6-7,10-12,15,17H,5,8-9H2,1-4H3. The highest BCUT2D eigenvalue weighted by atomic mass is 32.2. The summed E-state index contributed by atoms with van der Waals surface area (Å²) in [5.74, 6) is 0.617. The second kappa shape index (κ2) is 6.12. The summed E-state index contributed by atoms with van der Waals surface area (Å²) in [6.45, 7) is 10.2. The molecule has 2 heteroatoms. The lowest BCUT2D eigenvalue weighted by molar-refractivity contribution is 0.485.